The highest BCUT2D eigenvalue weighted by Gasteiger charge is 2.19. The zero-order chi connectivity index (χ0) is 13.9. The lowest BCUT2D eigenvalue weighted by molar-refractivity contribution is 0.194. The molecule has 2 aromatic rings. The largest absolute Gasteiger partial charge is 0.366 e. The number of nitrogens with one attached hydrogen (secondary N) is 1. The van der Waals surface area contributed by atoms with Gasteiger partial charge in [-0.25, -0.2) is 0 Å². The standard InChI is InChI=1S/C16H22N4/c1-12-14-8-3-4-9-15(14)16(19-18-12)17-11-13-7-5-6-10-20(13)2/h3-4,8-9,13H,5-7,10-11H2,1-2H3,(H,17,19). The first-order chi connectivity index (χ1) is 9.75. The number of aryl methyl sites for hydroxylation is 1. The second-order valence-electron chi connectivity index (χ2n) is 5.69. The summed E-state index contributed by atoms with van der Waals surface area (Å²) in [5.74, 6) is 0.908. The van der Waals surface area contributed by atoms with Gasteiger partial charge in [0.1, 0.15) is 0 Å². The molecule has 0 amide bonds. The zero-order valence-corrected chi connectivity index (χ0v) is 12.3. The maximum absolute atomic E-state index is 4.34. The molecule has 1 fully saturated rings. The highest BCUT2D eigenvalue weighted by Crippen LogP contribution is 2.23. The highest BCUT2D eigenvalue weighted by molar-refractivity contribution is 5.92. The van der Waals surface area contributed by atoms with Crippen molar-refractivity contribution in [2.45, 2.75) is 32.2 Å². The maximum atomic E-state index is 4.34. The average molecular weight is 270 g/mol. The van der Waals surface area contributed by atoms with Gasteiger partial charge in [-0.15, -0.1) is 5.10 Å². The third-order valence-electron chi connectivity index (χ3n) is 4.30. The molecule has 0 saturated carbocycles. The molecule has 1 N–H and O–H groups in total. The number of nitrogens with zero attached hydrogens (tertiary/aromatic N) is 3. The van der Waals surface area contributed by atoms with Crippen molar-refractivity contribution < 1.29 is 0 Å². The monoisotopic (exact) mass is 270 g/mol. The molecule has 0 radical (unpaired) electrons. The summed E-state index contributed by atoms with van der Waals surface area (Å²) >= 11 is 0. The molecule has 0 aliphatic carbocycles. The minimum Gasteiger partial charge on any atom is -0.366 e. The van der Waals surface area contributed by atoms with E-state index in [1.807, 2.05) is 6.92 Å². The summed E-state index contributed by atoms with van der Waals surface area (Å²) in [6.07, 6.45) is 3.91. The smallest absolute Gasteiger partial charge is 0.156 e. The zero-order valence-electron chi connectivity index (χ0n) is 12.3. The Balaban J connectivity index is 1.79. The molecular weight excluding hydrogens is 248 g/mol. The average Bonchev–Trinajstić information content (AvgIpc) is 2.48. The van der Waals surface area contributed by atoms with Gasteiger partial charge in [0.05, 0.1) is 5.69 Å². The van der Waals surface area contributed by atoms with Crippen LogP contribution in [0.5, 0.6) is 0 Å². The van der Waals surface area contributed by atoms with Crippen LogP contribution in [-0.2, 0) is 0 Å². The number of anilines is 1. The summed E-state index contributed by atoms with van der Waals surface area (Å²) in [6, 6.07) is 8.93. The van der Waals surface area contributed by atoms with E-state index in [1.165, 1.54) is 36.6 Å². The molecule has 2 heterocycles. The summed E-state index contributed by atoms with van der Waals surface area (Å²) in [6.45, 7) is 4.15. The van der Waals surface area contributed by atoms with Crippen LogP contribution in [0, 0.1) is 6.92 Å². The molecule has 1 aromatic heterocycles. The van der Waals surface area contributed by atoms with Gasteiger partial charge in [-0.2, -0.15) is 5.10 Å². The quantitative estimate of drug-likeness (QED) is 0.931. The molecule has 1 unspecified atom stereocenters. The molecule has 1 aliphatic heterocycles. The number of hydrogen-bond donors (Lipinski definition) is 1. The van der Waals surface area contributed by atoms with Crippen LogP contribution in [0.4, 0.5) is 5.82 Å². The van der Waals surface area contributed by atoms with E-state index < -0.39 is 0 Å². The molecule has 1 aliphatic rings. The fourth-order valence-corrected chi connectivity index (χ4v) is 2.98. The number of fused-ring (bicyclic) bond motifs is 1. The maximum Gasteiger partial charge on any atom is 0.156 e. The van der Waals surface area contributed by atoms with Crippen molar-refractivity contribution in [3.63, 3.8) is 0 Å². The molecule has 1 atom stereocenters. The molecule has 0 spiro atoms. The Morgan fingerprint density at radius 2 is 2.00 bits per heavy atom. The van der Waals surface area contributed by atoms with Gasteiger partial charge >= 0.3 is 0 Å². The van der Waals surface area contributed by atoms with E-state index in [-0.39, 0.29) is 0 Å². The van der Waals surface area contributed by atoms with Gasteiger partial charge in [0.25, 0.3) is 0 Å². The Morgan fingerprint density at radius 3 is 2.80 bits per heavy atom. The summed E-state index contributed by atoms with van der Waals surface area (Å²) in [5.41, 5.74) is 0.987. The van der Waals surface area contributed by atoms with Crippen molar-refractivity contribution >= 4 is 16.6 Å². The molecule has 3 rings (SSSR count). The summed E-state index contributed by atoms with van der Waals surface area (Å²) in [7, 11) is 2.21. The molecule has 0 bridgehead atoms. The number of likely N-dealkylation sites (N-methyl/N-ethyl adjacent to an activating group) is 1. The van der Waals surface area contributed by atoms with E-state index in [9.17, 15) is 0 Å². The summed E-state index contributed by atoms with van der Waals surface area (Å²) in [4.78, 5) is 2.44. The molecule has 20 heavy (non-hydrogen) atoms. The third kappa shape index (κ3) is 2.61. The van der Waals surface area contributed by atoms with Crippen LogP contribution in [0.15, 0.2) is 24.3 Å². The Kier molecular flexibility index (Phi) is 3.83. The Labute approximate surface area is 120 Å². The molecule has 4 heteroatoms. The second kappa shape index (κ2) is 5.75. The Bertz CT molecular complexity index is 596. The normalized spacial score (nSPS) is 20.2. The number of hydrogen-bond acceptors (Lipinski definition) is 4. The summed E-state index contributed by atoms with van der Waals surface area (Å²) in [5, 5.41) is 14.4. The molecule has 1 aromatic carbocycles. The summed E-state index contributed by atoms with van der Waals surface area (Å²) < 4.78 is 0. The first-order valence-corrected chi connectivity index (χ1v) is 7.42. The van der Waals surface area contributed by atoms with E-state index >= 15 is 0 Å². The van der Waals surface area contributed by atoms with Crippen molar-refractivity contribution in [3.8, 4) is 0 Å². The van der Waals surface area contributed by atoms with Crippen LogP contribution < -0.4 is 5.32 Å². The second-order valence-corrected chi connectivity index (χ2v) is 5.69. The number of aromatic nitrogens is 2. The molecule has 4 nitrogen and oxygen atoms in total. The van der Waals surface area contributed by atoms with Crippen molar-refractivity contribution in [2.75, 3.05) is 25.5 Å². The number of rotatable bonds is 3. The van der Waals surface area contributed by atoms with Gasteiger partial charge in [0.15, 0.2) is 5.82 Å². The molecule has 1 saturated heterocycles. The van der Waals surface area contributed by atoms with E-state index in [2.05, 4.69) is 51.7 Å². The van der Waals surface area contributed by atoms with Gasteiger partial charge in [0.2, 0.25) is 0 Å². The van der Waals surface area contributed by atoms with Crippen LogP contribution in [-0.4, -0.2) is 41.3 Å². The van der Waals surface area contributed by atoms with Crippen LogP contribution in [0.3, 0.4) is 0 Å². The van der Waals surface area contributed by atoms with Crippen molar-refractivity contribution in [3.05, 3.63) is 30.0 Å². The van der Waals surface area contributed by atoms with Gasteiger partial charge in [-0.1, -0.05) is 30.7 Å². The lowest BCUT2D eigenvalue weighted by Gasteiger charge is -2.32. The van der Waals surface area contributed by atoms with Crippen LogP contribution in [0.1, 0.15) is 25.0 Å². The minimum atomic E-state index is 0.602. The van der Waals surface area contributed by atoms with E-state index in [0.29, 0.717) is 6.04 Å². The van der Waals surface area contributed by atoms with E-state index in [1.54, 1.807) is 0 Å². The van der Waals surface area contributed by atoms with Crippen LogP contribution in [0.25, 0.3) is 10.8 Å². The van der Waals surface area contributed by atoms with E-state index in [0.717, 1.165) is 18.1 Å². The van der Waals surface area contributed by atoms with Crippen molar-refractivity contribution in [1.82, 2.24) is 15.1 Å². The van der Waals surface area contributed by atoms with Crippen molar-refractivity contribution in [2.24, 2.45) is 0 Å². The first-order valence-electron chi connectivity index (χ1n) is 7.42. The predicted molar refractivity (Wildman–Crippen MR) is 83.0 cm³/mol. The lowest BCUT2D eigenvalue weighted by Crippen LogP contribution is -2.40. The third-order valence-corrected chi connectivity index (χ3v) is 4.30. The van der Waals surface area contributed by atoms with Crippen LogP contribution >= 0.6 is 0 Å². The first kappa shape index (κ1) is 13.3. The number of benzene rings is 1. The van der Waals surface area contributed by atoms with Crippen molar-refractivity contribution in [1.29, 1.82) is 0 Å². The highest BCUT2D eigenvalue weighted by atomic mass is 15.2. The SMILES string of the molecule is Cc1nnc(NCC2CCCCN2C)c2ccccc12. The van der Waals surface area contributed by atoms with Gasteiger partial charge in [-0.3, -0.25) is 0 Å². The fourth-order valence-electron chi connectivity index (χ4n) is 2.98. The fraction of sp³-hybridized carbons (Fsp3) is 0.500. The minimum absolute atomic E-state index is 0.602. The van der Waals surface area contributed by atoms with Crippen LogP contribution in [0.2, 0.25) is 0 Å². The van der Waals surface area contributed by atoms with Gasteiger partial charge in [-0.05, 0) is 33.4 Å². The van der Waals surface area contributed by atoms with Gasteiger partial charge in [0, 0.05) is 23.4 Å². The Morgan fingerprint density at radius 1 is 1.20 bits per heavy atom. The topological polar surface area (TPSA) is 41.1 Å². The number of piperidine rings is 1. The molecule has 106 valence electrons. The molecular formula is C16H22N4. The lowest BCUT2D eigenvalue weighted by atomic mass is 10.0. The number of likely N-dealkylation sites (tertiary alicyclic amines) is 1. The Hall–Kier alpha value is -1.68. The van der Waals surface area contributed by atoms with E-state index in [4.69, 9.17) is 0 Å². The van der Waals surface area contributed by atoms with Gasteiger partial charge < -0.3 is 10.2 Å². The predicted octanol–water partition coefficient (Wildman–Crippen LogP) is 2.83.